The summed E-state index contributed by atoms with van der Waals surface area (Å²) in [6.45, 7) is 1.89. The van der Waals surface area contributed by atoms with E-state index in [2.05, 4.69) is 11.2 Å². The van der Waals surface area contributed by atoms with E-state index >= 15 is 0 Å². The van der Waals surface area contributed by atoms with Crippen LogP contribution < -0.4 is 10.5 Å². The van der Waals surface area contributed by atoms with E-state index < -0.39 is 0 Å². The zero-order valence-corrected chi connectivity index (χ0v) is 12.9. The van der Waals surface area contributed by atoms with Gasteiger partial charge in [-0.3, -0.25) is 0 Å². The summed E-state index contributed by atoms with van der Waals surface area (Å²) in [5.41, 5.74) is 9.69. The number of aryl methyl sites for hydroxylation is 1. The second-order valence-electron chi connectivity index (χ2n) is 5.53. The van der Waals surface area contributed by atoms with Crippen molar-refractivity contribution in [1.29, 1.82) is 5.26 Å². The van der Waals surface area contributed by atoms with Crippen LogP contribution in [0.5, 0.6) is 5.88 Å². The maximum Gasteiger partial charge on any atom is 0.229 e. The summed E-state index contributed by atoms with van der Waals surface area (Å²) < 4.78 is 12.7. The highest BCUT2D eigenvalue weighted by Gasteiger charge is 2.36. The molecular weight excluding hydrogens is 304 g/mol. The molecule has 0 aliphatic carbocycles. The second kappa shape index (κ2) is 5.32. The Morgan fingerprint density at radius 3 is 2.71 bits per heavy atom. The van der Waals surface area contributed by atoms with Crippen LogP contribution in [0.25, 0.3) is 5.69 Å². The van der Waals surface area contributed by atoms with Crippen LogP contribution in [-0.2, 0) is 0 Å². The Kier molecular flexibility index (Phi) is 3.14. The molecule has 6 heteroatoms. The largest absolute Gasteiger partial charge is 0.472 e. The average molecular weight is 318 g/mol. The van der Waals surface area contributed by atoms with Crippen LogP contribution in [-0.4, -0.2) is 9.78 Å². The second-order valence-corrected chi connectivity index (χ2v) is 5.53. The van der Waals surface area contributed by atoms with Crippen molar-refractivity contribution in [3.8, 4) is 17.6 Å². The van der Waals surface area contributed by atoms with Crippen LogP contribution in [0.1, 0.15) is 22.7 Å². The quantitative estimate of drug-likeness (QED) is 0.784. The fourth-order valence-corrected chi connectivity index (χ4v) is 3.03. The summed E-state index contributed by atoms with van der Waals surface area (Å²) in [6.07, 6.45) is 3.19. The molecule has 0 radical (unpaired) electrons. The topological polar surface area (TPSA) is 90.0 Å². The fraction of sp³-hybridized carbons (Fsp3) is 0.111. The van der Waals surface area contributed by atoms with Gasteiger partial charge in [0.1, 0.15) is 11.6 Å². The van der Waals surface area contributed by atoms with Crippen molar-refractivity contribution >= 4 is 0 Å². The van der Waals surface area contributed by atoms with Gasteiger partial charge in [0.25, 0.3) is 0 Å². The van der Waals surface area contributed by atoms with Crippen molar-refractivity contribution in [1.82, 2.24) is 9.78 Å². The van der Waals surface area contributed by atoms with Crippen molar-refractivity contribution in [2.45, 2.75) is 12.8 Å². The molecule has 0 saturated carbocycles. The summed E-state index contributed by atoms with van der Waals surface area (Å²) in [5.74, 6) is 0.268. The molecule has 6 nitrogen and oxygen atoms in total. The number of nitrogens with two attached hydrogens (primary N) is 1. The van der Waals surface area contributed by atoms with E-state index in [-0.39, 0.29) is 11.8 Å². The molecule has 4 rings (SSSR count). The molecule has 118 valence electrons. The van der Waals surface area contributed by atoms with E-state index in [0.717, 1.165) is 22.5 Å². The number of nitriles is 1. The average Bonchev–Trinajstić information content (AvgIpc) is 3.23. The van der Waals surface area contributed by atoms with Gasteiger partial charge >= 0.3 is 0 Å². The summed E-state index contributed by atoms with van der Waals surface area (Å²) in [6, 6.07) is 13.6. The lowest BCUT2D eigenvalue weighted by Crippen LogP contribution is -2.21. The van der Waals surface area contributed by atoms with Gasteiger partial charge in [0.15, 0.2) is 0 Å². The van der Waals surface area contributed by atoms with Crippen LogP contribution in [0.4, 0.5) is 0 Å². The third-order valence-electron chi connectivity index (χ3n) is 4.11. The summed E-state index contributed by atoms with van der Waals surface area (Å²) in [5, 5.41) is 14.1. The molecule has 0 fully saturated rings. The van der Waals surface area contributed by atoms with Gasteiger partial charge in [-0.25, -0.2) is 4.68 Å². The van der Waals surface area contributed by atoms with Gasteiger partial charge < -0.3 is 14.9 Å². The molecule has 1 atom stereocenters. The number of furan rings is 1. The Hall–Kier alpha value is -3.46. The molecule has 2 aromatic heterocycles. The molecule has 0 saturated heterocycles. The first-order valence-corrected chi connectivity index (χ1v) is 7.45. The molecule has 1 unspecified atom stereocenters. The number of hydrogen-bond donors (Lipinski definition) is 1. The lowest BCUT2D eigenvalue weighted by molar-refractivity contribution is 0.367. The van der Waals surface area contributed by atoms with Crippen LogP contribution in [0, 0.1) is 18.3 Å². The van der Waals surface area contributed by atoms with Crippen LogP contribution >= 0.6 is 0 Å². The smallest absolute Gasteiger partial charge is 0.229 e. The van der Waals surface area contributed by atoms with Crippen molar-refractivity contribution in [3.63, 3.8) is 0 Å². The third-order valence-corrected chi connectivity index (χ3v) is 4.11. The van der Waals surface area contributed by atoms with Crippen molar-refractivity contribution < 1.29 is 9.15 Å². The Morgan fingerprint density at radius 1 is 1.25 bits per heavy atom. The molecule has 1 aliphatic heterocycles. The van der Waals surface area contributed by atoms with Crippen molar-refractivity contribution in [2.75, 3.05) is 0 Å². The SMILES string of the molecule is Cc1nn(-c2ccccc2)c2c1C(c1ccoc1)C(C#N)=C(N)O2. The standard InChI is InChI=1S/C18H14N4O2/c1-11-15-16(12-7-8-23-10-12)14(9-19)17(20)24-18(15)22(21-11)13-5-3-2-4-6-13/h2-8,10,16H,20H2,1H3. The van der Waals surface area contributed by atoms with E-state index in [1.807, 2.05) is 43.3 Å². The first kappa shape index (κ1) is 14.2. The van der Waals surface area contributed by atoms with Crippen LogP contribution in [0.3, 0.4) is 0 Å². The highest BCUT2D eigenvalue weighted by atomic mass is 16.5. The number of hydrogen-bond acceptors (Lipinski definition) is 5. The van der Waals surface area contributed by atoms with E-state index in [0.29, 0.717) is 11.5 Å². The van der Waals surface area contributed by atoms with Crippen LogP contribution in [0.15, 0.2) is 64.8 Å². The zero-order valence-electron chi connectivity index (χ0n) is 12.9. The molecule has 0 spiro atoms. The van der Waals surface area contributed by atoms with E-state index in [1.54, 1.807) is 17.2 Å². The third kappa shape index (κ3) is 1.99. The Morgan fingerprint density at radius 2 is 2.04 bits per heavy atom. The van der Waals surface area contributed by atoms with E-state index in [9.17, 15) is 5.26 Å². The first-order chi connectivity index (χ1) is 11.7. The number of rotatable bonds is 2. The maximum atomic E-state index is 9.55. The first-order valence-electron chi connectivity index (χ1n) is 7.45. The monoisotopic (exact) mass is 318 g/mol. The minimum Gasteiger partial charge on any atom is -0.472 e. The lowest BCUT2D eigenvalue weighted by Gasteiger charge is -2.23. The minimum atomic E-state index is -0.352. The number of benzene rings is 1. The molecule has 0 amide bonds. The van der Waals surface area contributed by atoms with Crippen molar-refractivity contribution in [2.24, 2.45) is 5.73 Å². The molecule has 3 heterocycles. The highest BCUT2D eigenvalue weighted by molar-refractivity contribution is 5.56. The Bertz CT molecular complexity index is 963. The summed E-state index contributed by atoms with van der Waals surface area (Å²) >= 11 is 0. The Labute approximate surface area is 138 Å². The zero-order chi connectivity index (χ0) is 16.7. The number of fused-ring (bicyclic) bond motifs is 1. The van der Waals surface area contributed by atoms with Gasteiger partial charge in [0, 0.05) is 5.56 Å². The number of ether oxygens (including phenoxy) is 1. The summed E-state index contributed by atoms with van der Waals surface area (Å²) in [4.78, 5) is 0. The number of para-hydroxylation sites is 1. The molecule has 2 N–H and O–H groups in total. The fourth-order valence-electron chi connectivity index (χ4n) is 3.03. The number of nitrogens with zero attached hydrogens (tertiary/aromatic N) is 3. The normalized spacial score (nSPS) is 16.4. The van der Waals surface area contributed by atoms with Gasteiger partial charge in [0.2, 0.25) is 11.8 Å². The number of aromatic nitrogens is 2. The molecular formula is C18H14N4O2. The lowest BCUT2D eigenvalue weighted by atomic mass is 9.85. The number of allylic oxidation sites excluding steroid dienone is 1. The predicted octanol–water partition coefficient (Wildman–Crippen LogP) is 2.99. The van der Waals surface area contributed by atoms with Crippen molar-refractivity contribution in [3.05, 3.63) is 77.2 Å². The molecule has 24 heavy (non-hydrogen) atoms. The van der Waals surface area contributed by atoms with Gasteiger partial charge in [-0.2, -0.15) is 10.4 Å². The molecule has 1 aromatic carbocycles. The predicted molar refractivity (Wildman–Crippen MR) is 86.3 cm³/mol. The maximum absolute atomic E-state index is 9.55. The van der Waals surface area contributed by atoms with E-state index in [4.69, 9.17) is 14.9 Å². The van der Waals surface area contributed by atoms with Crippen LogP contribution in [0.2, 0.25) is 0 Å². The minimum absolute atomic E-state index is 0.0910. The molecule has 1 aliphatic rings. The van der Waals surface area contributed by atoms with Gasteiger partial charge in [0.05, 0.1) is 35.4 Å². The van der Waals surface area contributed by atoms with Gasteiger partial charge in [-0.15, -0.1) is 0 Å². The van der Waals surface area contributed by atoms with Gasteiger partial charge in [-0.05, 0) is 25.1 Å². The Balaban J connectivity index is 1.97. The van der Waals surface area contributed by atoms with E-state index in [1.165, 1.54) is 0 Å². The summed E-state index contributed by atoms with van der Waals surface area (Å²) in [7, 11) is 0. The van der Waals surface area contributed by atoms with Gasteiger partial charge in [-0.1, -0.05) is 18.2 Å². The highest BCUT2D eigenvalue weighted by Crippen LogP contribution is 2.44. The molecule has 3 aromatic rings. The molecule has 0 bridgehead atoms.